The predicted molar refractivity (Wildman–Crippen MR) is 75.2 cm³/mol. The molecule has 0 saturated heterocycles. The molecule has 0 amide bonds. The highest BCUT2D eigenvalue weighted by atomic mass is 35.5. The number of aliphatic carboxylic acids is 1. The lowest BCUT2D eigenvalue weighted by molar-refractivity contribution is -0.137. The topological polar surface area (TPSA) is 74.7 Å². The average molecular weight is 306 g/mol. The van der Waals surface area contributed by atoms with E-state index in [4.69, 9.17) is 16.7 Å². The van der Waals surface area contributed by atoms with Gasteiger partial charge in [0.1, 0.15) is 0 Å². The molecule has 0 radical (unpaired) electrons. The molecule has 0 fully saturated rings. The second-order valence-electron chi connectivity index (χ2n) is 4.26. The van der Waals surface area contributed by atoms with E-state index < -0.39 is 16.0 Å². The summed E-state index contributed by atoms with van der Waals surface area (Å²) < 4.78 is 24.8. The van der Waals surface area contributed by atoms with Gasteiger partial charge in [-0.05, 0) is 31.0 Å². The molecule has 19 heavy (non-hydrogen) atoms. The number of benzene rings is 1. The van der Waals surface area contributed by atoms with Gasteiger partial charge in [-0.1, -0.05) is 17.7 Å². The molecule has 0 heterocycles. The minimum absolute atomic E-state index is 0.0777. The van der Waals surface area contributed by atoms with E-state index in [9.17, 15) is 13.2 Å². The summed E-state index contributed by atoms with van der Waals surface area (Å²) in [6.45, 7) is 1.90. The van der Waals surface area contributed by atoms with Crippen molar-refractivity contribution in [3.8, 4) is 0 Å². The maximum Gasteiger partial charge on any atom is 0.303 e. The summed E-state index contributed by atoms with van der Waals surface area (Å²) in [6.07, 6.45) is 1.26. The summed E-state index contributed by atoms with van der Waals surface area (Å²) in [7, 11) is -3.47. The van der Waals surface area contributed by atoms with Crippen LogP contribution in [0.1, 0.15) is 18.4 Å². The van der Waals surface area contributed by atoms with Crippen LogP contribution in [0.25, 0.3) is 0 Å². The molecule has 0 aliphatic heterocycles. The highest BCUT2D eigenvalue weighted by Gasteiger charge is 2.19. The maximum absolute atomic E-state index is 11.8. The van der Waals surface area contributed by atoms with Gasteiger partial charge in [-0.25, -0.2) is 8.42 Å². The molecule has 106 valence electrons. The van der Waals surface area contributed by atoms with Crippen LogP contribution >= 0.6 is 11.6 Å². The third-order valence-corrected chi connectivity index (χ3v) is 4.01. The number of hydrogen-bond acceptors (Lipinski definition) is 3. The normalized spacial score (nSPS) is 11.3. The van der Waals surface area contributed by atoms with Crippen molar-refractivity contribution in [3.05, 3.63) is 28.8 Å². The van der Waals surface area contributed by atoms with Gasteiger partial charge >= 0.3 is 5.97 Å². The molecule has 0 aliphatic carbocycles. The molecular formula is C12H16ClNO4S. The van der Waals surface area contributed by atoms with Gasteiger partial charge in [-0.15, -0.1) is 0 Å². The van der Waals surface area contributed by atoms with Crippen molar-refractivity contribution in [1.29, 1.82) is 0 Å². The maximum atomic E-state index is 11.8. The number of aryl methyl sites for hydroxylation is 1. The summed E-state index contributed by atoms with van der Waals surface area (Å²) >= 11 is 5.88. The predicted octanol–water partition coefficient (Wildman–Crippen LogP) is 2.28. The number of carboxylic acids is 1. The van der Waals surface area contributed by atoms with Crippen LogP contribution in [0.2, 0.25) is 5.02 Å². The van der Waals surface area contributed by atoms with Crippen LogP contribution in [0.4, 0.5) is 5.69 Å². The molecule has 1 N–H and O–H groups in total. The number of hydrogen-bond donors (Lipinski definition) is 1. The molecule has 1 rings (SSSR count). The Kier molecular flexibility index (Phi) is 5.20. The first-order chi connectivity index (χ1) is 8.71. The molecule has 0 aliphatic rings. The van der Waals surface area contributed by atoms with Gasteiger partial charge in [0.05, 0.1) is 11.9 Å². The van der Waals surface area contributed by atoms with Crippen LogP contribution in [0.3, 0.4) is 0 Å². The summed E-state index contributed by atoms with van der Waals surface area (Å²) in [5.74, 6) is -0.948. The second-order valence-corrected chi connectivity index (χ2v) is 6.61. The molecule has 5 nitrogen and oxygen atoms in total. The Morgan fingerprint density at radius 3 is 2.58 bits per heavy atom. The SMILES string of the molecule is Cc1ccc(Cl)cc1N(CCCC(=O)O)S(C)(=O)=O. The van der Waals surface area contributed by atoms with E-state index in [0.717, 1.165) is 11.8 Å². The minimum Gasteiger partial charge on any atom is -0.481 e. The van der Waals surface area contributed by atoms with E-state index in [1.807, 2.05) is 0 Å². The van der Waals surface area contributed by atoms with E-state index in [2.05, 4.69) is 0 Å². The highest BCUT2D eigenvalue weighted by molar-refractivity contribution is 7.92. The largest absolute Gasteiger partial charge is 0.481 e. The van der Waals surface area contributed by atoms with Crippen molar-refractivity contribution in [2.24, 2.45) is 0 Å². The lowest BCUT2D eigenvalue weighted by atomic mass is 10.2. The molecule has 1 aromatic carbocycles. The number of nitrogens with zero attached hydrogens (tertiary/aromatic N) is 1. The van der Waals surface area contributed by atoms with Gasteiger partial charge in [-0.3, -0.25) is 9.10 Å². The summed E-state index contributed by atoms with van der Waals surface area (Å²) in [4.78, 5) is 10.5. The van der Waals surface area contributed by atoms with Crippen molar-refractivity contribution in [3.63, 3.8) is 0 Å². The number of carbonyl (C=O) groups is 1. The fourth-order valence-electron chi connectivity index (χ4n) is 1.69. The van der Waals surface area contributed by atoms with Crippen LogP contribution < -0.4 is 4.31 Å². The van der Waals surface area contributed by atoms with Gasteiger partial charge in [0.15, 0.2) is 0 Å². The fraction of sp³-hybridized carbons (Fsp3) is 0.417. The quantitative estimate of drug-likeness (QED) is 0.875. The molecule has 0 unspecified atom stereocenters. The smallest absolute Gasteiger partial charge is 0.303 e. The molecule has 1 aromatic rings. The standard InChI is InChI=1S/C12H16ClNO4S/c1-9-5-6-10(13)8-11(9)14(19(2,17)18)7-3-4-12(15)16/h5-6,8H,3-4,7H2,1-2H3,(H,15,16). The first kappa shape index (κ1) is 15.8. The van der Waals surface area contributed by atoms with Crippen molar-refractivity contribution < 1.29 is 18.3 Å². The molecule has 0 aromatic heterocycles. The molecule has 0 atom stereocenters. The molecule has 0 bridgehead atoms. The minimum atomic E-state index is -3.47. The summed E-state index contributed by atoms with van der Waals surface area (Å²) in [6, 6.07) is 4.98. The average Bonchev–Trinajstić information content (AvgIpc) is 2.26. The zero-order valence-electron chi connectivity index (χ0n) is 10.8. The number of halogens is 1. The van der Waals surface area contributed by atoms with Crippen molar-refractivity contribution in [2.45, 2.75) is 19.8 Å². The lowest BCUT2D eigenvalue weighted by Gasteiger charge is -2.24. The van der Waals surface area contributed by atoms with E-state index in [0.29, 0.717) is 10.7 Å². The Labute approximate surface area is 117 Å². The zero-order valence-corrected chi connectivity index (χ0v) is 12.3. The third kappa shape index (κ3) is 4.72. The van der Waals surface area contributed by atoms with Crippen molar-refractivity contribution in [1.82, 2.24) is 0 Å². The van der Waals surface area contributed by atoms with Gasteiger partial charge in [0.2, 0.25) is 10.0 Å². The number of sulfonamides is 1. The van der Waals surface area contributed by atoms with E-state index >= 15 is 0 Å². The molecular weight excluding hydrogens is 290 g/mol. The Morgan fingerprint density at radius 2 is 2.05 bits per heavy atom. The number of rotatable bonds is 6. The molecule has 7 heteroatoms. The van der Waals surface area contributed by atoms with Crippen LogP contribution in [-0.4, -0.2) is 32.3 Å². The third-order valence-electron chi connectivity index (χ3n) is 2.59. The van der Waals surface area contributed by atoms with Gasteiger partial charge in [-0.2, -0.15) is 0 Å². The molecule has 0 saturated carbocycles. The Balaban J connectivity index is 3.04. The Hall–Kier alpha value is -1.27. The van der Waals surface area contributed by atoms with Crippen LogP contribution in [0.5, 0.6) is 0 Å². The van der Waals surface area contributed by atoms with E-state index in [1.54, 1.807) is 25.1 Å². The number of carboxylic acid groups (broad SMARTS) is 1. The lowest BCUT2D eigenvalue weighted by Crippen LogP contribution is -2.31. The monoisotopic (exact) mass is 305 g/mol. The Morgan fingerprint density at radius 1 is 1.42 bits per heavy atom. The van der Waals surface area contributed by atoms with E-state index in [1.165, 1.54) is 4.31 Å². The first-order valence-electron chi connectivity index (χ1n) is 5.67. The van der Waals surface area contributed by atoms with Crippen LogP contribution in [0.15, 0.2) is 18.2 Å². The second kappa shape index (κ2) is 6.25. The van der Waals surface area contributed by atoms with Gasteiger partial charge in [0.25, 0.3) is 0 Å². The first-order valence-corrected chi connectivity index (χ1v) is 7.90. The molecule has 0 spiro atoms. The fourth-order valence-corrected chi connectivity index (χ4v) is 2.87. The van der Waals surface area contributed by atoms with Gasteiger partial charge in [0, 0.05) is 18.0 Å². The Bertz CT molecular complexity index is 571. The van der Waals surface area contributed by atoms with Crippen molar-refractivity contribution in [2.75, 3.05) is 17.1 Å². The highest BCUT2D eigenvalue weighted by Crippen LogP contribution is 2.26. The number of anilines is 1. The summed E-state index contributed by atoms with van der Waals surface area (Å²) in [5, 5.41) is 9.05. The zero-order chi connectivity index (χ0) is 14.6. The van der Waals surface area contributed by atoms with Gasteiger partial charge < -0.3 is 5.11 Å². The summed E-state index contributed by atoms with van der Waals surface area (Å²) in [5.41, 5.74) is 1.26. The van der Waals surface area contributed by atoms with Crippen LogP contribution in [0, 0.1) is 6.92 Å². The van der Waals surface area contributed by atoms with Crippen LogP contribution in [-0.2, 0) is 14.8 Å². The van der Waals surface area contributed by atoms with Crippen molar-refractivity contribution >= 4 is 33.3 Å². The van der Waals surface area contributed by atoms with E-state index in [-0.39, 0.29) is 19.4 Å².